The first-order chi connectivity index (χ1) is 13.9. The first kappa shape index (κ1) is 20.0. The van der Waals surface area contributed by atoms with Crippen LogP contribution in [0.3, 0.4) is 0 Å². The van der Waals surface area contributed by atoms with Gasteiger partial charge in [-0.25, -0.2) is 4.39 Å². The van der Waals surface area contributed by atoms with Gasteiger partial charge in [-0.2, -0.15) is 5.26 Å². The monoisotopic (exact) mass is 455 g/mol. The van der Waals surface area contributed by atoms with Gasteiger partial charge in [-0.15, -0.1) is 0 Å². The van der Waals surface area contributed by atoms with Crippen LogP contribution in [0.15, 0.2) is 69.1 Å². The van der Waals surface area contributed by atoms with Crippen molar-refractivity contribution < 1.29 is 18.5 Å². The lowest BCUT2D eigenvalue weighted by molar-refractivity contribution is -0.384. The summed E-state index contributed by atoms with van der Waals surface area (Å²) in [5.41, 5.74) is 0.196. The molecule has 0 aliphatic heterocycles. The van der Waals surface area contributed by atoms with Crippen LogP contribution >= 0.6 is 15.9 Å². The van der Waals surface area contributed by atoms with Crippen LogP contribution in [0.4, 0.5) is 15.8 Å². The summed E-state index contributed by atoms with van der Waals surface area (Å²) in [6.07, 6.45) is 1.22. The minimum Gasteiger partial charge on any atom is -0.457 e. The van der Waals surface area contributed by atoms with E-state index in [1.807, 2.05) is 0 Å². The van der Waals surface area contributed by atoms with E-state index in [2.05, 4.69) is 21.2 Å². The molecule has 2 aromatic carbocycles. The number of carbonyl (C=O) groups excluding carboxylic acids is 1. The lowest BCUT2D eigenvalue weighted by Crippen LogP contribution is -2.14. The molecule has 7 nitrogen and oxygen atoms in total. The van der Waals surface area contributed by atoms with E-state index in [9.17, 15) is 24.6 Å². The van der Waals surface area contributed by atoms with Crippen LogP contribution in [0.1, 0.15) is 5.76 Å². The summed E-state index contributed by atoms with van der Waals surface area (Å²) in [4.78, 5) is 22.5. The SMILES string of the molecule is N#CC(=Cc1ccc(-c2ccc([N+](=O)[O-])cc2)o1)C(=O)Nc1ccc(Br)cc1F. The minimum absolute atomic E-state index is 0.0518. The Bertz CT molecular complexity index is 1160. The number of rotatable bonds is 5. The average molecular weight is 456 g/mol. The molecule has 0 bridgehead atoms. The molecule has 0 fully saturated rings. The van der Waals surface area contributed by atoms with E-state index < -0.39 is 16.6 Å². The number of carbonyl (C=O) groups is 1. The Morgan fingerprint density at radius 2 is 1.93 bits per heavy atom. The zero-order valence-corrected chi connectivity index (χ0v) is 16.1. The van der Waals surface area contributed by atoms with Crippen molar-refractivity contribution in [3.05, 3.63) is 86.3 Å². The van der Waals surface area contributed by atoms with E-state index in [0.717, 1.165) is 0 Å². The molecule has 0 spiro atoms. The maximum Gasteiger partial charge on any atom is 0.269 e. The molecule has 1 amide bonds. The fourth-order valence-electron chi connectivity index (χ4n) is 2.40. The number of nitro benzene ring substituents is 1. The number of non-ortho nitro benzene ring substituents is 1. The Labute approximate surface area is 172 Å². The van der Waals surface area contributed by atoms with Gasteiger partial charge >= 0.3 is 0 Å². The molecule has 0 saturated carbocycles. The van der Waals surface area contributed by atoms with E-state index >= 15 is 0 Å². The van der Waals surface area contributed by atoms with Crippen molar-refractivity contribution in [3.63, 3.8) is 0 Å². The van der Waals surface area contributed by atoms with Gasteiger partial charge in [-0.05, 0) is 42.5 Å². The molecule has 0 aliphatic rings. The number of hydrogen-bond acceptors (Lipinski definition) is 5. The van der Waals surface area contributed by atoms with Gasteiger partial charge in [-0.1, -0.05) is 15.9 Å². The van der Waals surface area contributed by atoms with Crippen molar-refractivity contribution in [2.45, 2.75) is 0 Å². The number of nitrogens with zero attached hydrogens (tertiary/aromatic N) is 2. The summed E-state index contributed by atoms with van der Waals surface area (Å²) in [6, 6.07) is 14.7. The second kappa shape index (κ2) is 8.50. The van der Waals surface area contributed by atoms with Gasteiger partial charge in [0, 0.05) is 28.2 Å². The Hall–Kier alpha value is -3.77. The minimum atomic E-state index is -0.790. The van der Waals surface area contributed by atoms with Crippen molar-refractivity contribution in [1.82, 2.24) is 0 Å². The molecule has 0 saturated heterocycles. The maximum absolute atomic E-state index is 13.9. The van der Waals surface area contributed by atoms with Crippen LogP contribution in [-0.4, -0.2) is 10.8 Å². The Morgan fingerprint density at radius 1 is 1.21 bits per heavy atom. The molecule has 144 valence electrons. The summed E-state index contributed by atoms with van der Waals surface area (Å²) >= 11 is 3.12. The molecule has 0 aliphatic carbocycles. The number of halogens is 2. The van der Waals surface area contributed by atoms with E-state index in [1.165, 1.54) is 42.5 Å². The van der Waals surface area contributed by atoms with E-state index in [4.69, 9.17) is 4.42 Å². The summed E-state index contributed by atoms with van der Waals surface area (Å²) in [5, 5.41) is 22.3. The van der Waals surface area contributed by atoms with Crippen molar-refractivity contribution in [2.75, 3.05) is 5.32 Å². The Kier molecular flexibility index (Phi) is 5.85. The number of amides is 1. The van der Waals surface area contributed by atoms with Gasteiger partial charge in [0.25, 0.3) is 11.6 Å². The number of benzene rings is 2. The summed E-state index contributed by atoms with van der Waals surface area (Å²) in [5.74, 6) is -0.811. The molecule has 3 rings (SSSR count). The normalized spacial score (nSPS) is 11.0. The van der Waals surface area contributed by atoms with E-state index in [0.29, 0.717) is 15.8 Å². The van der Waals surface area contributed by atoms with Crippen molar-refractivity contribution in [2.24, 2.45) is 0 Å². The molecule has 0 unspecified atom stereocenters. The molecule has 3 aromatic rings. The predicted octanol–water partition coefficient (Wildman–Crippen LogP) is 5.30. The maximum atomic E-state index is 13.9. The van der Waals surface area contributed by atoms with Crippen LogP contribution in [0.2, 0.25) is 0 Å². The van der Waals surface area contributed by atoms with Gasteiger partial charge in [-0.3, -0.25) is 14.9 Å². The lowest BCUT2D eigenvalue weighted by Gasteiger charge is -2.05. The predicted molar refractivity (Wildman–Crippen MR) is 107 cm³/mol. The zero-order chi connectivity index (χ0) is 21.0. The second-order valence-corrected chi connectivity index (χ2v) is 6.67. The van der Waals surface area contributed by atoms with Crippen molar-refractivity contribution in [3.8, 4) is 17.4 Å². The van der Waals surface area contributed by atoms with Crippen molar-refractivity contribution >= 4 is 39.3 Å². The molecular formula is C20H11BrFN3O4. The van der Waals surface area contributed by atoms with Gasteiger partial charge in [0.05, 0.1) is 10.6 Å². The fourth-order valence-corrected chi connectivity index (χ4v) is 2.74. The van der Waals surface area contributed by atoms with E-state index in [1.54, 1.807) is 24.3 Å². The van der Waals surface area contributed by atoms with Crippen LogP contribution < -0.4 is 5.32 Å². The molecule has 29 heavy (non-hydrogen) atoms. The van der Waals surface area contributed by atoms with Gasteiger partial charge in [0.2, 0.25) is 0 Å². The topological polar surface area (TPSA) is 109 Å². The lowest BCUT2D eigenvalue weighted by atomic mass is 10.1. The number of nitro groups is 1. The highest BCUT2D eigenvalue weighted by Crippen LogP contribution is 2.26. The third-order valence-corrected chi connectivity index (χ3v) is 4.31. The highest BCUT2D eigenvalue weighted by atomic mass is 79.9. The molecule has 1 aromatic heterocycles. The van der Waals surface area contributed by atoms with Crippen LogP contribution in [0.5, 0.6) is 0 Å². The first-order valence-electron chi connectivity index (χ1n) is 8.10. The van der Waals surface area contributed by atoms with Crippen molar-refractivity contribution in [1.29, 1.82) is 5.26 Å². The fraction of sp³-hybridized carbons (Fsp3) is 0. The van der Waals surface area contributed by atoms with Crippen LogP contribution in [0, 0.1) is 27.3 Å². The molecule has 1 N–H and O–H groups in total. The number of nitrogens with one attached hydrogen (secondary N) is 1. The third kappa shape index (κ3) is 4.75. The van der Waals surface area contributed by atoms with Gasteiger partial charge in [0.1, 0.15) is 29.0 Å². The number of hydrogen-bond donors (Lipinski definition) is 1. The summed E-state index contributed by atoms with van der Waals surface area (Å²) in [7, 11) is 0. The Balaban J connectivity index is 1.80. The molecule has 0 radical (unpaired) electrons. The quantitative estimate of drug-likeness (QED) is 0.243. The first-order valence-corrected chi connectivity index (χ1v) is 8.89. The zero-order valence-electron chi connectivity index (χ0n) is 14.6. The van der Waals surface area contributed by atoms with Crippen LogP contribution in [0.25, 0.3) is 17.4 Å². The summed E-state index contributed by atoms with van der Waals surface area (Å²) in [6.45, 7) is 0. The smallest absolute Gasteiger partial charge is 0.269 e. The average Bonchev–Trinajstić information content (AvgIpc) is 3.17. The standard InChI is InChI=1S/C20H11BrFN3O4/c21-14-3-7-18(17(22)10-14)24-20(26)13(11-23)9-16-6-8-19(29-16)12-1-4-15(5-2-12)25(27)28/h1-10H,(H,24,26). The second-order valence-electron chi connectivity index (χ2n) is 5.75. The molecule has 0 atom stereocenters. The molecular weight excluding hydrogens is 445 g/mol. The Morgan fingerprint density at radius 3 is 2.55 bits per heavy atom. The van der Waals surface area contributed by atoms with Gasteiger partial charge < -0.3 is 9.73 Å². The highest BCUT2D eigenvalue weighted by molar-refractivity contribution is 9.10. The molecule has 9 heteroatoms. The highest BCUT2D eigenvalue weighted by Gasteiger charge is 2.14. The van der Waals surface area contributed by atoms with Gasteiger partial charge in [0.15, 0.2) is 0 Å². The number of anilines is 1. The molecule has 1 heterocycles. The third-order valence-electron chi connectivity index (χ3n) is 3.82. The van der Waals surface area contributed by atoms with E-state index in [-0.39, 0.29) is 22.7 Å². The largest absolute Gasteiger partial charge is 0.457 e. The number of nitriles is 1. The number of furan rings is 1. The van der Waals surface area contributed by atoms with Crippen LogP contribution in [-0.2, 0) is 4.79 Å². The summed E-state index contributed by atoms with van der Waals surface area (Å²) < 4.78 is 20.0.